The zero-order valence-electron chi connectivity index (χ0n) is 7.90. The van der Waals surface area contributed by atoms with Crippen LogP contribution < -0.4 is 0 Å². The van der Waals surface area contributed by atoms with Gasteiger partial charge in [-0.05, 0) is 19.0 Å². The van der Waals surface area contributed by atoms with Crippen molar-refractivity contribution >= 4 is 8.58 Å². The molecule has 0 amide bonds. The van der Waals surface area contributed by atoms with Crippen molar-refractivity contribution in [3.05, 3.63) is 11.9 Å². The van der Waals surface area contributed by atoms with Crippen LogP contribution in [0.1, 0.15) is 46.0 Å². The van der Waals surface area contributed by atoms with Crippen LogP contribution in [0.15, 0.2) is 11.9 Å². The summed E-state index contributed by atoms with van der Waals surface area (Å²) in [6.07, 6.45) is 10.5. The van der Waals surface area contributed by atoms with Crippen LogP contribution in [0.5, 0.6) is 0 Å². The van der Waals surface area contributed by atoms with Gasteiger partial charge >= 0.3 is 0 Å². The van der Waals surface area contributed by atoms with Gasteiger partial charge in [-0.1, -0.05) is 53.6 Å². The second-order valence-electron chi connectivity index (χ2n) is 2.85. The topological polar surface area (TPSA) is 0 Å². The number of unbranched alkanes of at least 4 members (excludes halogenated alkanes) is 3. The fourth-order valence-electron chi connectivity index (χ4n) is 0.894. The van der Waals surface area contributed by atoms with Gasteiger partial charge in [-0.25, -0.2) is 0 Å². The third kappa shape index (κ3) is 10.2. The Bertz CT molecular complexity index is 86.9. The molecule has 1 heteroatoms. The SMILES string of the molecule is CCCC=CPCCCCC. The number of rotatable bonds is 7. The summed E-state index contributed by atoms with van der Waals surface area (Å²) in [7, 11) is 1.07. The van der Waals surface area contributed by atoms with Crippen LogP contribution in [0.3, 0.4) is 0 Å². The van der Waals surface area contributed by atoms with Crippen LogP contribution in [-0.4, -0.2) is 6.16 Å². The number of hydrogen-bond donors (Lipinski definition) is 0. The Morgan fingerprint density at radius 2 is 1.91 bits per heavy atom. The van der Waals surface area contributed by atoms with Crippen molar-refractivity contribution in [2.75, 3.05) is 6.16 Å². The van der Waals surface area contributed by atoms with Gasteiger partial charge in [0.15, 0.2) is 0 Å². The summed E-state index contributed by atoms with van der Waals surface area (Å²) in [5.74, 6) is 2.36. The van der Waals surface area contributed by atoms with E-state index in [1.54, 1.807) is 0 Å². The Hall–Kier alpha value is 0.170. The summed E-state index contributed by atoms with van der Waals surface area (Å²) < 4.78 is 0. The van der Waals surface area contributed by atoms with Gasteiger partial charge in [-0.15, -0.1) is 0 Å². The van der Waals surface area contributed by atoms with Crippen molar-refractivity contribution < 1.29 is 0 Å². The summed E-state index contributed by atoms with van der Waals surface area (Å²) in [4.78, 5) is 0. The summed E-state index contributed by atoms with van der Waals surface area (Å²) in [5.41, 5.74) is 0. The first-order valence-corrected chi connectivity index (χ1v) is 6.08. The number of allylic oxidation sites excluding steroid dienone is 1. The second kappa shape index (κ2) is 10.2. The molecule has 0 saturated carbocycles. The van der Waals surface area contributed by atoms with Gasteiger partial charge < -0.3 is 0 Å². The van der Waals surface area contributed by atoms with Crippen molar-refractivity contribution in [3.63, 3.8) is 0 Å². The van der Waals surface area contributed by atoms with E-state index in [1.807, 2.05) is 0 Å². The largest absolute Gasteiger partial charge is 0.0987 e. The standard InChI is InChI=1S/C10H21P/c1-3-5-7-9-11-10-8-6-4-2/h7,9,11H,3-6,8,10H2,1-2H3. The molecule has 0 aliphatic carbocycles. The van der Waals surface area contributed by atoms with Gasteiger partial charge in [-0.3, -0.25) is 0 Å². The smallest absolute Gasteiger partial charge is 0.0319 e. The predicted molar refractivity (Wildman–Crippen MR) is 56.8 cm³/mol. The maximum atomic E-state index is 2.36. The molecule has 0 nitrogen and oxygen atoms in total. The van der Waals surface area contributed by atoms with Gasteiger partial charge in [0.05, 0.1) is 0 Å². The molecule has 0 rings (SSSR count). The second-order valence-corrected chi connectivity index (χ2v) is 4.09. The van der Waals surface area contributed by atoms with E-state index in [-0.39, 0.29) is 0 Å². The van der Waals surface area contributed by atoms with Gasteiger partial charge in [0.1, 0.15) is 0 Å². The molecule has 1 atom stereocenters. The van der Waals surface area contributed by atoms with E-state index in [0.717, 1.165) is 8.58 Å². The molecule has 0 fully saturated rings. The molecule has 0 aliphatic rings. The number of hydrogen-bond acceptors (Lipinski definition) is 0. The average Bonchev–Trinajstić information content (AvgIpc) is 2.03. The fraction of sp³-hybridized carbons (Fsp3) is 0.800. The predicted octanol–water partition coefficient (Wildman–Crippen LogP) is 4.17. The maximum Gasteiger partial charge on any atom is -0.0319 e. The first-order chi connectivity index (χ1) is 5.41. The molecule has 0 bridgehead atoms. The highest BCUT2D eigenvalue weighted by Gasteiger charge is 1.83. The molecule has 0 aliphatic heterocycles. The summed E-state index contributed by atoms with van der Waals surface area (Å²) in [6, 6.07) is 0. The van der Waals surface area contributed by atoms with Crippen LogP contribution in [0.4, 0.5) is 0 Å². The van der Waals surface area contributed by atoms with Gasteiger partial charge in [0.2, 0.25) is 0 Å². The molecule has 0 N–H and O–H groups in total. The third-order valence-corrected chi connectivity index (χ3v) is 2.73. The average molecular weight is 172 g/mol. The molecule has 0 radical (unpaired) electrons. The van der Waals surface area contributed by atoms with E-state index in [9.17, 15) is 0 Å². The quantitative estimate of drug-likeness (QED) is 0.399. The summed E-state index contributed by atoms with van der Waals surface area (Å²) in [5, 5.41) is 0. The Balaban J connectivity index is 2.89. The molecular weight excluding hydrogens is 151 g/mol. The molecule has 0 aromatic rings. The lowest BCUT2D eigenvalue weighted by molar-refractivity contribution is 0.778. The first kappa shape index (κ1) is 11.2. The lowest BCUT2D eigenvalue weighted by Crippen LogP contribution is -1.73. The van der Waals surface area contributed by atoms with Crippen LogP contribution in [0.2, 0.25) is 0 Å². The van der Waals surface area contributed by atoms with Crippen molar-refractivity contribution in [2.24, 2.45) is 0 Å². The molecule has 0 spiro atoms. The zero-order chi connectivity index (χ0) is 8.36. The van der Waals surface area contributed by atoms with E-state index in [1.165, 1.54) is 38.3 Å². The summed E-state index contributed by atoms with van der Waals surface area (Å²) >= 11 is 0. The minimum Gasteiger partial charge on any atom is -0.0987 e. The molecule has 0 heterocycles. The highest BCUT2D eigenvalue weighted by atomic mass is 31.1. The van der Waals surface area contributed by atoms with Crippen LogP contribution >= 0.6 is 8.58 Å². The molecule has 0 aromatic heterocycles. The minimum atomic E-state index is 1.07. The van der Waals surface area contributed by atoms with E-state index in [2.05, 4.69) is 25.7 Å². The fourth-order valence-corrected chi connectivity index (χ4v) is 1.85. The highest BCUT2D eigenvalue weighted by molar-refractivity contribution is 7.41. The van der Waals surface area contributed by atoms with Crippen LogP contribution in [0.25, 0.3) is 0 Å². The molecule has 66 valence electrons. The van der Waals surface area contributed by atoms with E-state index >= 15 is 0 Å². The monoisotopic (exact) mass is 172 g/mol. The van der Waals surface area contributed by atoms with Crippen molar-refractivity contribution in [1.29, 1.82) is 0 Å². The zero-order valence-corrected chi connectivity index (χ0v) is 8.90. The van der Waals surface area contributed by atoms with Gasteiger partial charge in [-0.2, -0.15) is 0 Å². The first-order valence-electron chi connectivity index (χ1n) is 4.80. The minimum absolute atomic E-state index is 1.07. The van der Waals surface area contributed by atoms with Gasteiger partial charge in [0, 0.05) is 0 Å². The third-order valence-electron chi connectivity index (χ3n) is 1.62. The van der Waals surface area contributed by atoms with E-state index < -0.39 is 0 Å². The molecule has 1 unspecified atom stereocenters. The van der Waals surface area contributed by atoms with Crippen molar-refractivity contribution in [3.8, 4) is 0 Å². The van der Waals surface area contributed by atoms with E-state index in [4.69, 9.17) is 0 Å². The molecule has 0 aromatic carbocycles. The van der Waals surface area contributed by atoms with Crippen LogP contribution in [-0.2, 0) is 0 Å². The van der Waals surface area contributed by atoms with Gasteiger partial charge in [0.25, 0.3) is 0 Å². The lowest BCUT2D eigenvalue weighted by Gasteiger charge is -1.93. The Morgan fingerprint density at radius 3 is 2.55 bits per heavy atom. The summed E-state index contributed by atoms with van der Waals surface area (Å²) in [6.45, 7) is 4.49. The lowest BCUT2D eigenvalue weighted by atomic mass is 10.3. The van der Waals surface area contributed by atoms with Crippen molar-refractivity contribution in [1.82, 2.24) is 0 Å². The molecule has 0 saturated heterocycles. The Labute approximate surface area is 73.2 Å². The highest BCUT2D eigenvalue weighted by Crippen LogP contribution is 2.15. The Kier molecular flexibility index (Phi) is 10.3. The molecular formula is C10H21P. The van der Waals surface area contributed by atoms with Crippen LogP contribution in [0, 0.1) is 0 Å². The maximum absolute atomic E-state index is 2.36. The normalized spacial score (nSPS) is 12.2. The van der Waals surface area contributed by atoms with E-state index in [0.29, 0.717) is 0 Å². The molecule has 11 heavy (non-hydrogen) atoms. The van der Waals surface area contributed by atoms with Crippen molar-refractivity contribution in [2.45, 2.75) is 46.0 Å². The Morgan fingerprint density at radius 1 is 1.09 bits per heavy atom.